The fourth-order valence-electron chi connectivity index (χ4n) is 3.63. The minimum Gasteiger partial charge on any atom is -0.357 e. The maximum atomic E-state index is 4.53. The number of H-pyrrole nitrogens is 1. The second-order valence-electron chi connectivity index (χ2n) is 6.74. The van der Waals surface area contributed by atoms with Gasteiger partial charge in [-0.15, -0.1) is 0 Å². The summed E-state index contributed by atoms with van der Waals surface area (Å²) in [6, 6.07) is 12.9. The first kappa shape index (κ1) is 15.9. The lowest BCUT2D eigenvalue weighted by Crippen LogP contribution is -2.30. The highest BCUT2D eigenvalue weighted by Gasteiger charge is 2.20. The van der Waals surface area contributed by atoms with Crippen molar-refractivity contribution in [1.82, 2.24) is 19.4 Å². The summed E-state index contributed by atoms with van der Waals surface area (Å²) in [4.78, 5) is 10.4. The van der Waals surface area contributed by atoms with Crippen molar-refractivity contribution >= 4 is 5.57 Å². The Hall–Kier alpha value is -2.59. The van der Waals surface area contributed by atoms with E-state index in [2.05, 4.69) is 75.3 Å². The second-order valence-corrected chi connectivity index (χ2v) is 6.74. The monoisotopic (exact) mass is 332 g/mol. The molecule has 4 rings (SSSR count). The summed E-state index contributed by atoms with van der Waals surface area (Å²) in [6.45, 7) is 3.23. The molecule has 0 aliphatic carbocycles. The third kappa shape index (κ3) is 3.59. The van der Waals surface area contributed by atoms with Gasteiger partial charge in [0.1, 0.15) is 5.82 Å². The van der Waals surface area contributed by atoms with Crippen LogP contribution in [0.1, 0.15) is 29.8 Å². The third-order valence-electron chi connectivity index (χ3n) is 4.92. The molecular formula is C21H24N4. The van der Waals surface area contributed by atoms with Crippen LogP contribution in [0.5, 0.6) is 0 Å². The molecule has 0 radical (unpaired) electrons. The average molecular weight is 332 g/mol. The predicted molar refractivity (Wildman–Crippen MR) is 101 cm³/mol. The Balaban J connectivity index is 1.55. The summed E-state index contributed by atoms with van der Waals surface area (Å²) in [6.07, 6.45) is 10.2. The Bertz CT molecular complexity index is 833. The van der Waals surface area contributed by atoms with Gasteiger partial charge in [-0.25, -0.2) is 4.98 Å². The predicted octanol–water partition coefficient (Wildman–Crippen LogP) is 3.85. The molecule has 0 amide bonds. The van der Waals surface area contributed by atoms with Crippen molar-refractivity contribution in [3.8, 4) is 0 Å². The van der Waals surface area contributed by atoms with Crippen LogP contribution in [0.3, 0.4) is 0 Å². The van der Waals surface area contributed by atoms with Crippen LogP contribution in [0.2, 0.25) is 0 Å². The molecule has 25 heavy (non-hydrogen) atoms. The van der Waals surface area contributed by atoms with E-state index in [4.69, 9.17) is 0 Å². The largest absolute Gasteiger partial charge is 0.357 e. The lowest BCUT2D eigenvalue weighted by atomic mass is 9.93. The Morgan fingerprint density at radius 3 is 2.56 bits per heavy atom. The van der Waals surface area contributed by atoms with Gasteiger partial charge in [0.2, 0.25) is 0 Å². The molecule has 1 N–H and O–H groups in total. The number of benzene rings is 1. The van der Waals surface area contributed by atoms with E-state index in [9.17, 15) is 0 Å². The fourth-order valence-corrected chi connectivity index (χ4v) is 3.63. The van der Waals surface area contributed by atoms with E-state index in [1.54, 1.807) is 0 Å². The number of likely N-dealkylation sites (tertiary alicyclic amines) is 1. The molecule has 1 aliphatic rings. The zero-order valence-electron chi connectivity index (χ0n) is 14.7. The van der Waals surface area contributed by atoms with E-state index < -0.39 is 0 Å². The molecule has 0 unspecified atom stereocenters. The summed E-state index contributed by atoms with van der Waals surface area (Å²) in [5.41, 5.74) is 5.43. The van der Waals surface area contributed by atoms with Crippen molar-refractivity contribution < 1.29 is 0 Å². The molecule has 1 fully saturated rings. The van der Waals surface area contributed by atoms with Gasteiger partial charge in [-0.2, -0.15) is 0 Å². The van der Waals surface area contributed by atoms with Crippen molar-refractivity contribution in [1.29, 1.82) is 0 Å². The van der Waals surface area contributed by atoms with Crippen LogP contribution in [-0.4, -0.2) is 32.5 Å². The number of hydrogen-bond acceptors (Lipinski definition) is 2. The second kappa shape index (κ2) is 7.11. The molecule has 3 heterocycles. The van der Waals surface area contributed by atoms with Crippen LogP contribution < -0.4 is 0 Å². The summed E-state index contributed by atoms with van der Waals surface area (Å²) in [7, 11) is 2.07. The SMILES string of the molecule is Cn1ccc(C(=C2CCN(Cc3ccccc3)CC2)c2ncc[nH]2)c1. The minimum atomic E-state index is 0.984. The normalized spacial score (nSPS) is 15.5. The average Bonchev–Trinajstić information content (AvgIpc) is 3.30. The zero-order chi connectivity index (χ0) is 17.1. The van der Waals surface area contributed by atoms with Gasteiger partial charge in [-0.1, -0.05) is 35.9 Å². The lowest BCUT2D eigenvalue weighted by Gasteiger charge is -2.29. The molecule has 0 spiro atoms. The molecule has 1 aliphatic heterocycles. The first-order valence-corrected chi connectivity index (χ1v) is 8.90. The standard InChI is InChI=1S/C21H24N4/c1-24-12-7-19(16-24)20(21-22-10-11-23-21)18-8-13-25(14-9-18)15-17-5-3-2-4-6-17/h2-7,10-12,16H,8-9,13-15H2,1H3,(H,22,23). The number of rotatable bonds is 4. The molecule has 0 bridgehead atoms. The Morgan fingerprint density at radius 1 is 1.12 bits per heavy atom. The number of hydrogen-bond donors (Lipinski definition) is 1. The number of aromatic nitrogens is 3. The van der Waals surface area contributed by atoms with Gasteiger partial charge in [-0.3, -0.25) is 4.90 Å². The summed E-state index contributed by atoms with van der Waals surface area (Å²) in [5.74, 6) is 0.984. The molecular weight excluding hydrogens is 308 g/mol. The molecule has 1 aromatic carbocycles. The highest BCUT2D eigenvalue weighted by atomic mass is 15.1. The Morgan fingerprint density at radius 2 is 1.92 bits per heavy atom. The Kier molecular flexibility index (Phi) is 4.53. The number of aryl methyl sites for hydroxylation is 1. The molecule has 128 valence electrons. The quantitative estimate of drug-likeness (QED) is 0.788. The first-order valence-electron chi connectivity index (χ1n) is 8.90. The number of nitrogens with zero attached hydrogens (tertiary/aromatic N) is 3. The topological polar surface area (TPSA) is 36.9 Å². The van der Waals surface area contributed by atoms with E-state index in [0.717, 1.165) is 38.3 Å². The smallest absolute Gasteiger partial charge is 0.137 e. The fraction of sp³-hybridized carbons (Fsp3) is 0.286. The highest BCUT2D eigenvalue weighted by Crippen LogP contribution is 2.31. The summed E-state index contributed by atoms with van der Waals surface area (Å²) < 4.78 is 2.10. The van der Waals surface area contributed by atoms with Crippen LogP contribution in [0, 0.1) is 0 Å². The van der Waals surface area contributed by atoms with Gasteiger partial charge in [0, 0.05) is 62.6 Å². The molecule has 0 atom stereocenters. The number of aromatic amines is 1. The minimum absolute atomic E-state index is 0.984. The van der Waals surface area contributed by atoms with Gasteiger partial charge in [0.15, 0.2) is 0 Å². The van der Waals surface area contributed by atoms with E-state index in [1.165, 1.54) is 22.3 Å². The lowest BCUT2D eigenvalue weighted by molar-refractivity contribution is 0.248. The number of nitrogens with one attached hydrogen (secondary N) is 1. The highest BCUT2D eigenvalue weighted by molar-refractivity contribution is 5.78. The van der Waals surface area contributed by atoms with Gasteiger partial charge in [-0.05, 0) is 24.5 Å². The van der Waals surface area contributed by atoms with Gasteiger partial charge < -0.3 is 9.55 Å². The third-order valence-corrected chi connectivity index (χ3v) is 4.92. The van der Waals surface area contributed by atoms with Gasteiger partial charge in [0.25, 0.3) is 0 Å². The molecule has 1 saturated heterocycles. The van der Waals surface area contributed by atoms with E-state index in [1.807, 2.05) is 12.4 Å². The van der Waals surface area contributed by atoms with Crippen LogP contribution in [0.25, 0.3) is 5.57 Å². The van der Waals surface area contributed by atoms with Crippen molar-refractivity contribution in [2.24, 2.45) is 7.05 Å². The van der Waals surface area contributed by atoms with Crippen LogP contribution in [0.15, 0.2) is 66.8 Å². The van der Waals surface area contributed by atoms with E-state index >= 15 is 0 Å². The van der Waals surface area contributed by atoms with Crippen LogP contribution in [-0.2, 0) is 13.6 Å². The van der Waals surface area contributed by atoms with Crippen LogP contribution >= 0.6 is 0 Å². The van der Waals surface area contributed by atoms with Crippen molar-refractivity contribution in [3.05, 3.63) is 83.7 Å². The van der Waals surface area contributed by atoms with Crippen molar-refractivity contribution in [2.75, 3.05) is 13.1 Å². The molecule has 3 aromatic rings. The van der Waals surface area contributed by atoms with Gasteiger partial charge >= 0.3 is 0 Å². The van der Waals surface area contributed by atoms with Crippen LogP contribution in [0.4, 0.5) is 0 Å². The number of imidazole rings is 1. The molecule has 2 aromatic heterocycles. The van der Waals surface area contributed by atoms with Crippen molar-refractivity contribution in [3.63, 3.8) is 0 Å². The molecule has 4 heteroatoms. The maximum Gasteiger partial charge on any atom is 0.137 e. The van der Waals surface area contributed by atoms with E-state index in [0.29, 0.717) is 0 Å². The van der Waals surface area contributed by atoms with E-state index in [-0.39, 0.29) is 0 Å². The Labute approximate surface area is 148 Å². The zero-order valence-corrected chi connectivity index (χ0v) is 14.7. The molecule has 0 saturated carbocycles. The molecule has 4 nitrogen and oxygen atoms in total. The van der Waals surface area contributed by atoms with Gasteiger partial charge in [0.05, 0.1) is 0 Å². The number of piperidine rings is 1. The maximum absolute atomic E-state index is 4.53. The first-order chi connectivity index (χ1) is 12.3. The van der Waals surface area contributed by atoms with Crippen molar-refractivity contribution in [2.45, 2.75) is 19.4 Å². The summed E-state index contributed by atoms with van der Waals surface area (Å²) >= 11 is 0. The summed E-state index contributed by atoms with van der Waals surface area (Å²) in [5, 5.41) is 0.